The number of nitrogens with one attached hydrogen (secondary N) is 1. The van der Waals surface area contributed by atoms with Gasteiger partial charge in [0, 0.05) is 10.7 Å². The molecule has 0 saturated heterocycles. The van der Waals surface area contributed by atoms with Gasteiger partial charge in [0.1, 0.15) is 0 Å². The zero-order valence-corrected chi connectivity index (χ0v) is 11.8. The zero-order chi connectivity index (χ0) is 13.8. The van der Waals surface area contributed by atoms with E-state index in [1.807, 2.05) is 6.92 Å². The van der Waals surface area contributed by atoms with Crippen molar-refractivity contribution in [3.05, 3.63) is 52.0 Å². The summed E-state index contributed by atoms with van der Waals surface area (Å²) in [6.07, 6.45) is 3.34. The highest BCUT2D eigenvalue weighted by Crippen LogP contribution is 2.25. The molecule has 1 aromatic heterocycles. The van der Waals surface area contributed by atoms with Gasteiger partial charge in [0.15, 0.2) is 0 Å². The molecule has 0 spiro atoms. The second-order valence-corrected chi connectivity index (χ2v) is 4.82. The lowest BCUT2D eigenvalue weighted by Gasteiger charge is -2.10. The summed E-state index contributed by atoms with van der Waals surface area (Å²) in [5, 5.41) is 12.2. The molecule has 0 aliphatic rings. The Bertz CT molecular complexity index is 599. The van der Waals surface area contributed by atoms with Crippen molar-refractivity contribution in [3.8, 4) is 0 Å². The Morgan fingerprint density at radius 3 is 2.79 bits per heavy atom. The van der Waals surface area contributed by atoms with Gasteiger partial charge in [0.05, 0.1) is 35.4 Å². The number of rotatable bonds is 4. The van der Waals surface area contributed by atoms with Crippen LogP contribution in [0.4, 0.5) is 5.69 Å². The molecular formula is C13H12BrN3O2. The van der Waals surface area contributed by atoms with Crippen LogP contribution in [0.25, 0.3) is 0 Å². The monoisotopic (exact) mass is 321 g/mol. The fourth-order valence-corrected chi connectivity index (χ4v) is 2.12. The molecule has 0 fully saturated rings. The van der Waals surface area contributed by atoms with Crippen molar-refractivity contribution in [1.29, 1.82) is 0 Å². The molecule has 1 heterocycles. The minimum atomic E-state index is -0.982. The molecule has 2 N–H and O–H groups in total. The normalized spacial score (nSPS) is 10.2. The molecule has 0 aliphatic carbocycles. The molecule has 0 atom stereocenters. The first-order chi connectivity index (χ1) is 9.08. The van der Waals surface area contributed by atoms with Gasteiger partial charge in [-0.1, -0.05) is 6.07 Å². The molecular weight excluding hydrogens is 310 g/mol. The largest absolute Gasteiger partial charge is 0.478 e. The number of carbonyl (C=O) groups is 1. The van der Waals surface area contributed by atoms with Gasteiger partial charge < -0.3 is 10.4 Å². The molecule has 2 rings (SSSR count). The van der Waals surface area contributed by atoms with Gasteiger partial charge >= 0.3 is 5.97 Å². The SMILES string of the molecule is Cc1cnc(CNc2cccc(Br)c2C(=O)O)cn1. The molecule has 0 aliphatic heterocycles. The van der Waals surface area contributed by atoms with Crippen LogP contribution in [0.3, 0.4) is 0 Å². The van der Waals surface area contributed by atoms with Crippen molar-refractivity contribution in [3.63, 3.8) is 0 Å². The van der Waals surface area contributed by atoms with E-state index >= 15 is 0 Å². The Kier molecular flexibility index (Phi) is 4.11. The summed E-state index contributed by atoms with van der Waals surface area (Å²) >= 11 is 3.23. The minimum Gasteiger partial charge on any atom is -0.478 e. The van der Waals surface area contributed by atoms with Gasteiger partial charge in [-0.25, -0.2) is 4.79 Å². The van der Waals surface area contributed by atoms with E-state index in [0.29, 0.717) is 16.7 Å². The maximum atomic E-state index is 11.2. The number of hydrogen-bond acceptors (Lipinski definition) is 4. The van der Waals surface area contributed by atoms with Crippen molar-refractivity contribution in [1.82, 2.24) is 9.97 Å². The van der Waals surface area contributed by atoms with Crippen molar-refractivity contribution in [2.45, 2.75) is 13.5 Å². The molecule has 0 saturated carbocycles. The average molecular weight is 322 g/mol. The van der Waals surface area contributed by atoms with E-state index in [4.69, 9.17) is 0 Å². The number of hydrogen-bond donors (Lipinski definition) is 2. The van der Waals surface area contributed by atoms with Crippen LogP contribution < -0.4 is 5.32 Å². The fourth-order valence-electron chi connectivity index (χ4n) is 1.59. The fraction of sp³-hybridized carbons (Fsp3) is 0.154. The summed E-state index contributed by atoms with van der Waals surface area (Å²) in [7, 11) is 0. The highest BCUT2D eigenvalue weighted by molar-refractivity contribution is 9.10. The average Bonchev–Trinajstić information content (AvgIpc) is 2.37. The summed E-state index contributed by atoms with van der Waals surface area (Å²) in [4.78, 5) is 19.5. The number of benzene rings is 1. The number of carboxylic acids is 1. The van der Waals surface area contributed by atoms with E-state index in [1.165, 1.54) is 0 Å². The smallest absolute Gasteiger partial charge is 0.338 e. The first kappa shape index (κ1) is 13.5. The van der Waals surface area contributed by atoms with Crippen molar-refractivity contribution in [2.75, 3.05) is 5.32 Å². The summed E-state index contributed by atoms with van der Waals surface area (Å²) in [6, 6.07) is 5.19. The topological polar surface area (TPSA) is 75.1 Å². The number of nitrogens with zero attached hydrogens (tertiary/aromatic N) is 2. The van der Waals surface area contributed by atoms with Gasteiger partial charge in [0.2, 0.25) is 0 Å². The van der Waals surface area contributed by atoms with Gasteiger partial charge in [-0.05, 0) is 35.0 Å². The second kappa shape index (κ2) is 5.79. The van der Waals surface area contributed by atoms with Crippen LogP contribution in [0.2, 0.25) is 0 Å². The van der Waals surface area contributed by atoms with Gasteiger partial charge in [0.25, 0.3) is 0 Å². The Labute approximate surface area is 118 Å². The van der Waals surface area contributed by atoms with Gasteiger partial charge in [-0.15, -0.1) is 0 Å². The zero-order valence-electron chi connectivity index (χ0n) is 10.2. The third kappa shape index (κ3) is 3.29. The Balaban J connectivity index is 2.18. The molecule has 98 valence electrons. The summed E-state index contributed by atoms with van der Waals surface area (Å²) in [5.74, 6) is -0.982. The molecule has 1 aromatic carbocycles. The van der Waals surface area contributed by atoms with Crippen LogP contribution in [0, 0.1) is 6.92 Å². The maximum Gasteiger partial charge on any atom is 0.338 e. The van der Waals surface area contributed by atoms with Crippen LogP contribution in [-0.4, -0.2) is 21.0 Å². The van der Waals surface area contributed by atoms with Crippen molar-refractivity contribution < 1.29 is 9.90 Å². The minimum absolute atomic E-state index is 0.211. The van der Waals surface area contributed by atoms with Crippen LogP contribution in [0.5, 0.6) is 0 Å². The lowest BCUT2D eigenvalue weighted by molar-refractivity contribution is 0.0697. The molecule has 5 nitrogen and oxygen atoms in total. The number of carboxylic acid groups (broad SMARTS) is 1. The number of aromatic nitrogens is 2. The van der Waals surface area contributed by atoms with E-state index in [1.54, 1.807) is 30.6 Å². The number of aryl methyl sites for hydroxylation is 1. The van der Waals surface area contributed by atoms with Crippen molar-refractivity contribution >= 4 is 27.6 Å². The molecule has 0 unspecified atom stereocenters. The van der Waals surface area contributed by atoms with E-state index in [-0.39, 0.29) is 5.56 Å². The third-order valence-electron chi connectivity index (χ3n) is 2.52. The highest BCUT2D eigenvalue weighted by atomic mass is 79.9. The van der Waals surface area contributed by atoms with Gasteiger partial charge in [-0.2, -0.15) is 0 Å². The highest BCUT2D eigenvalue weighted by Gasteiger charge is 2.13. The predicted octanol–water partition coefficient (Wildman–Crippen LogP) is 2.86. The third-order valence-corrected chi connectivity index (χ3v) is 3.18. The van der Waals surface area contributed by atoms with Crippen LogP contribution in [0.1, 0.15) is 21.7 Å². The Morgan fingerprint density at radius 2 is 2.16 bits per heavy atom. The lowest BCUT2D eigenvalue weighted by Crippen LogP contribution is -2.08. The van der Waals surface area contributed by atoms with Crippen LogP contribution in [-0.2, 0) is 6.54 Å². The molecule has 0 radical (unpaired) electrons. The van der Waals surface area contributed by atoms with Crippen molar-refractivity contribution in [2.24, 2.45) is 0 Å². The second-order valence-electron chi connectivity index (χ2n) is 3.97. The van der Waals surface area contributed by atoms with Crippen LogP contribution >= 0.6 is 15.9 Å². The first-order valence-electron chi connectivity index (χ1n) is 5.61. The van der Waals surface area contributed by atoms with E-state index < -0.39 is 5.97 Å². The predicted molar refractivity (Wildman–Crippen MR) is 75.2 cm³/mol. The first-order valence-corrected chi connectivity index (χ1v) is 6.40. The molecule has 6 heteroatoms. The molecule has 19 heavy (non-hydrogen) atoms. The standard InChI is InChI=1S/C13H12BrN3O2/c1-8-5-16-9(6-15-8)7-17-11-4-2-3-10(14)12(11)13(18)19/h2-6,17H,7H2,1H3,(H,18,19). The van der Waals surface area contributed by atoms with Crippen LogP contribution in [0.15, 0.2) is 35.1 Å². The molecule has 0 amide bonds. The Hall–Kier alpha value is -1.95. The quantitative estimate of drug-likeness (QED) is 0.905. The summed E-state index contributed by atoms with van der Waals surface area (Å²) in [5.41, 5.74) is 2.35. The molecule has 0 bridgehead atoms. The summed E-state index contributed by atoms with van der Waals surface area (Å²) in [6.45, 7) is 2.28. The number of anilines is 1. The summed E-state index contributed by atoms with van der Waals surface area (Å²) < 4.78 is 0.542. The van der Waals surface area contributed by atoms with Gasteiger partial charge in [-0.3, -0.25) is 9.97 Å². The number of halogens is 1. The van der Waals surface area contributed by atoms with E-state index in [9.17, 15) is 9.90 Å². The van der Waals surface area contributed by atoms with E-state index in [2.05, 4.69) is 31.2 Å². The van der Waals surface area contributed by atoms with E-state index in [0.717, 1.165) is 11.4 Å². The molecule has 2 aromatic rings. The maximum absolute atomic E-state index is 11.2. The lowest BCUT2D eigenvalue weighted by atomic mass is 10.2. The number of aromatic carboxylic acids is 1. The Morgan fingerprint density at radius 1 is 1.37 bits per heavy atom.